The second kappa shape index (κ2) is 7.04. The summed E-state index contributed by atoms with van der Waals surface area (Å²) in [5.41, 5.74) is -0.158. The zero-order valence-electron chi connectivity index (χ0n) is 11.6. The van der Waals surface area contributed by atoms with E-state index in [1.807, 2.05) is 13.8 Å². The van der Waals surface area contributed by atoms with Gasteiger partial charge < -0.3 is 10.2 Å². The summed E-state index contributed by atoms with van der Waals surface area (Å²) in [5.74, 6) is 0.462. The number of hydrogen-bond donors (Lipinski definition) is 1. The van der Waals surface area contributed by atoms with E-state index in [4.69, 9.17) is 11.6 Å². The number of amides is 1. The lowest BCUT2D eigenvalue weighted by Gasteiger charge is -2.18. The summed E-state index contributed by atoms with van der Waals surface area (Å²) >= 11 is 5.73. The van der Waals surface area contributed by atoms with Crippen LogP contribution in [0.15, 0.2) is 12.1 Å². The molecule has 0 unspecified atom stereocenters. The summed E-state index contributed by atoms with van der Waals surface area (Å²) in [6.07, 6.45) is 0. The Hall–Kier alpha value is -1.89. The van der Waals surface area contributed by atoms with Gasteiger partial charge >= 0.3 is 0 Å². The molecular formula is C12H17ClN4O3. The van der Waals surface area contributed by atoms with E-state index in [1.54, 1.807) is 7.05 Å². The molecule has 0 saturated carbocycles. The van der Waals surface area contributed by atoms with Crippen molar-refractivity contribution in [3.05, 3.63) is 27.4 Å². The molecular weight excluding hydrogens is 284 g/mol. The van der Waals surface area contributed by atoms with Crippen LogP contribution in [0, 0.1) is 16.0 Å². The second-order valence-corrected chi connectivity index (χ2v) is 5.20. The number of aromatic nitrogens is 1. The van der Waals surface area contributed by atoms with Gasteiger partial charge in [-0.15, -0.1) is 0 Å². The molecule has 0 bridgehead atoms. The summed E-state index contributed by atoms with van der Waals surface area (Å²) in [5, 5.41) is 13.5. The van der Waals surface area contributed by atoms with E-state index in [9.17, 15) is 14.9 Å². The smallest absolute Gasteiger partial charge is 0.276 e. The summed E-state index contributed by atoms with van der Waals surface area (Å²) in [7, 11) is 1.62. The molecule has 7 nitrogen and oxygen atoms in total. The van der Waals surface area contributed by atoms with Crippen LogP contribution in [0.25, 0.3) is 0 Å². The standard InChI is InChI=1S/C12H17ClN4O3/c1-8(2)6-14-12(18)7-16(3)11-5-9(17(19)20)4-10(13)15-11/h4-5,8H,6-7H2,1-3H3,(H,14,18). The summed E-state index contributed by atoms with van der Waals surface area (Å²) in [6.45, 7) is 4.62. The number of halogens is 1. The molecule has 0 radical (unpaired) electrons. The van der Waals surface area contributed by atoms with Gasteiger partial charge in [-0.2, -0.15) is 0 Å². The van der Waals surface area contributed by atoms with Crippen molar-refractivity contribution in [2.75, 3.05) is 25.0 Å². The van der Waals surface area contributed by atoms with E-state index in [1.165, 1.54) is 11.0 Å². The van der Waals surface area contributed by atoms with Gasteiger partial charge in [0.25, 0.3) is 5.69 Å². The first kappa shape index (κ1) is 16.2. The molecule has 8 heteroatoms. The van der Waals surface area contributed by atoms with Crippen LogP contribution >= 0.6 is 11.6 Å². The van der Waals surface area contributed by atoms with Crippen molar-refractivity contribution in [2.24, 2.45) is 5.92 Å². The third-order valence-corrected chi connectivity index (χ3v) is 2.65. The first-order valence-corrected chi connectivity index (χ1v) is 6.47. The monoisotopic (exact) mass is 300 g/mol. The molecule has 1 heterocycles. The minimum atomic E-state index is -0.552. The number of carbonyl (C=O) groups is 1. The average molecular weight is 301 g/mol. The van der Waals surface area contributed by atoms with E-state index in [0.717, 1.165) is 6.07 Å². The van der Waals surface area contributed by atoms with Crippen LogP contribution < -0.4 is 10.2 Å². The van der Waals surface area contributed by atoms with Gasteiger partial charge in [0.05, 0.1) is 23.6 Å². The van der Waals surface area contributed by atoms with Crippen LogP contribution in [-0.4, -0.2) is 36.0 Å². The molecule has 0 atom stereocenters. The lowest BCUT2D eigenvalue weighted by atomic mass is 10.2. The molecule has 1 amide bonds. The molecule has 0 spiro atoms. The zero-order valence-corrected chi connectivity index (χ0v) is 12.3. The number of anilines is 1. The van der Waals surface area contributed by atoms with E-state index in [0.29, 0.717) is 12.5 Å². The first-order chi connectivity index (χ1) is 9.29. The van der Waals surface area contributed by atoms with Crippen molar-refractivity contribution >= 4 is 29.0 Å². The number of rotatable bonds is 6. The second-order valence-electron chi connectivity index (χ2n) is 4.82. The van der Waals surface area contributed by atoms with Crippen molar-refractivity contribution in [1.29, 1.82) is 0 Å². The Labute approximate surface area is 122 Å². The normalized spacial score (nSPS) is 10.4. The molecule has 1 rings (SSSR count). The van der Waals surface area contributed by atoms with Crippen LogP contribution in [-0.2, 0) is 4.79 Å². The molecule has 20 heavy (non-hydrogen) atoms. The third-order valence-electron chi connectivity index (χ3n) is 2.46. The number of likely N-dealkylation sites (N-methyl/N-ethyl adjacent to an activating group) is 1. The molecule has 110 valence electrons. The quantitative estimate of drug-likeness (QED) is 0.492. The van der Waals surface area contributed by atoms with Crippen LogP contribution in [0.4, 0.5) is 11.5 Å². The highest BCUT2D eigenvalue weighted by Gasteiger charge is 2.15. The Morgan fingerprint density at radius 3 is 2.75 bits per heavy atom. The molecule has 0 aromatic carbocycles. The fraction of sp³-hybridized carbons (Fsp3) is 0.500. The highest BCUT2D eigenvalue weighted by molar-refractivity contribution is 6.29. The minimum absolute atomic E-state index is 0.0173. The number of nitrogens with zero attached hydrogens (tertiary/aromatic N) is 3. The predicted octanol–water partition coefficient (Wildman–Crippen LogP) is 1.85. The topological polar surface area (TPSA) is 88.4 Å². The number of hydrogen-bond acceptors (Lipinski definition) is 5. The van der Waals surface area contributed by atoms with Gasteiger partial charge in [0.2, 0.25) is 5.91 Å². The van der Waals surface area contributed by atoms with E-state index in [2.05, 4.69) is 10.3 Å². The maximum absolute atomic E-state index is 11.7. The van der Waals surface area contributed by atoms with E-state index >= 15 is 0 Å². The summed E-state index contributed by atoms with van der Waals surface area (Å²) in [4.78, 5) is 27.4. The van der Waals surface area contributed by atoms with Gasteiger partial charge in [0, 0.05) is 13.6 Å². The SMILES string of the molecule is CC(C)CNC(=O)CN(C)c1cc([N+](=O)[O-])cc(Cl)n1. The zero-order chi connectivity index (χ0) is 15.3. The number of nitro groups is 1. The summed E-state index contributed by atoms with van der Waals surface area (Å²) < 4.78 is 0. The number of nitrogens with one attached hydrogen (secondary N) is 1. The minimum Gasteiger partial charge on any atom is -0.354 e. The Morgan fingerprint density at radius 2 is 2.20 bits per heavy atom. The predicted molar refractivity (Wildman–Crippen MR) is 77.0 cm³/mol. The van der Waals surface area contributed by atoms with Gasteiger partial charge in [-0.25, -0.2) is 4.98 Å². The molecule has 1 aromatic heterocycles. The van der Waals surface area contributed by atoms with Crippen LogP contribution in [0.2, 0.25) is 5.15 Å². The lowest BCUT2D eigenvalue weighted by molar-refractivity contribution is -0.384. The third kappa shape index (κ3) is 5.00. The molecule has 1 N–H and O–H groups in total. The van der Waals surface area contributed by atoms with Crippen molar-refractivity contribution < 1.29 is 9.72 Å². The fourth-order valence-corrected chi connectivity index (χ4v) is 1.64. The van der Waals surface area contributed by atoms with Crippen LogP contribution in [0.1, 0.15) is 13.8 Å². The van der Waals surface area contributed by atoms with Crippen LogP contribution in [0.5, 0.6) is 0 Å². The average Bonchev–Trinajstić information content (AvgIpc) is 2.35. The Morgan fingerprint density at radius 1 is 1.55 bits per heavy atom. The molecule has 0 aliphatic carbocycles. The molecule has 1 aromatic rings. The van der Waals surface area contributed by atoms with Gasteiger partial charge in [0.1, 0.15) is 11.0 Å². The lowest BCUT2D eigenvalue weighted by Crippen LogP contribution is -2.37. The van der Waals surface area contributed by atoms with Gasteiger partial charge in [0.15, 0.2) is 0 Å². The van der Waals surface area contributed by atoms with Gasteiger partial charge in [-0.1, -0.05) is 25.4 Å². The Bertz CT molecular complexity index is 507. The first-order valence-electron chi connectivity index (χ1n) is 6.09. The van der Waals surface area contributed by atoms with Crippen molar-refractivity contribution in [3.63, 3.8) is 0 Å². The maximum atomic E-state index is 11.7. The van der Waals surface area contributed by atoms with E-state index in [-0.39, 0.29) is 29.1 Å². The number of carbonyl (C=O) groups excluding carboxylic acids is 1. The van der Waals surface area contributed by atoms with Crippen molar-refractivity contribution in [2.45, 2.75) is 13.8 Å². The maximum Gasteiger partial charge on any atom is 0.276 e. The van der Waals surface area contributed by atoms with Gasteiger partial charge in [-0.05, 0) is 5.92 Å². The van der Waals surface area contributed by atoms with Crippen LogP contribution in [0.3, 0.4) is 0 Å². The molecule has 0 aliphatic heterocycles. The fourth-order valence-electron chi connectivity index (χ4n) is 1.44. The molecule has 0 saturated heterocycles. The largest absolute Gasteiger partial charge is 0.354 e. The van der Waals surface area contributed by atoms with E-state index < -0.39 is 4.92 Å². The number of pyridine rings is 1. The molecule has 0 aliphatic rings. The van der Waals surface area contributed by atoms with Gasteiger partial charge in [-0.3, -0.25) is 14.9 Å². The Kier molecular flexibility index (Phi) is 5.69. The molecule has 0 fully saturated rings. The van der Waals surface area contributed by atoms with Crippen molar-refractivity contribution in [1.82, 2.24) is 10.3 Å². The Balaban J connectivity index is 2.74. The summed E-state index contributed by atoms with van der Waals surface area (Å²) in [6, 6.07) is 2.44. The highest BCUT2D eigenvalue weighted by atomic mass is 35.5. The highest BCUT2D eigenvalue weighted by Crippen LogP contribution is 2.22. The van der Waals surface area contributed by atoms with Crippen molar-refractivity contribution in [3.8, 4) is 0 Å².